The quantitative estimate of drug-likeness (QED) is 0.876. The molecule has 4 nitrogen and oxygen atoms in total. The van der Waals surface area contributed by atoms with Crippen LogP contribution in [0.4, 0.5) is 17.3 Å². The maximum absolute atomic E-state index is 4.56. The number of rotatable bonds is 4. The van der Waals surface area contributed by atoms with Crippen LogP contribution in [0.1, 0.15) is 31.2 Å². The molecule has 0 aliphatic rings. The minimum atomic E-state index is 0.297. The average molecular weight is 256 g/mol. The number of aromatic nitrogens is 2. The summed E-state index contributed by atoms with van der Waals surface area (Å²) in [5.41, 5.74) is 2.26. The van der Waals surface area contributed by atoms with Crippen LogP contribution < -0.4 is 10.6 Å². The molecule has 2 N–H and O–H groups in total. The summed E-state index contributed by atoms with van der Waals surface area (Å²) in [6.45, 7) is 6.25. The molecule has 0 aliphatic heterocycles. The first-order chi connectivity index (χ1) is 9.10. The van der Waals surface area contributed by atoms with E-state index < -0.39 is 0 Å². The zero-order valence-corrected chi connectivity index (χ0v) is 11.9. The van der Waals surface area contributed by atoms with Crippen molar-refractivity contribution < 1.29 is 0 Å². The molecule has 19 heavy (non-hydrogen) atoms. The molecule has 4 heteroatoms. The second-order valence-corrected chi connectivity index (χ2v) is 4.84. The topological polar surface area (TPSA) is 49.8 Å². The minimum Gasteiger partial charge on any atom is -0.373 e. The molecular weight excluding hydrogens is 236 g/mol. The van der Waals surface area contributed by atoms with Crippen molar-refractivity contribution in [3.05, 3.63) is 41.7 Å². The summed E-state index contributed by atoms with van der Waals surface area (Å²) in [5.74, 6) is 2.78. The Labute approximate surface area is 114 Å². The van der Waals surface area contributed by atoms with E-state index in [1.807, 2.05) is 31.3 Å². The first-order valence-electron chi connectivity index (χ1n) is 6.49. The molecule has 0 unspecified atom stereocenters. The summed E-state index contributed by atoms with van der Waals surface area (Å²) >= 11 is 0. The first-order valence-corrected chi connectivity index (χ1v) is 6.49. The number of hydrogen-bond donors (Lipinski definition) is 2. The summed E-state index contributed by atoms with van der Waals surface area (Å²) in [7, 11) is 1.87. The summed E-state index contributed by atoms with van der Waals surface area (Å²) in [6.07, 6.45) is 0. The summed E-state index contributed by atoms with van der Waals surface area (Å²) in [6, 6.07) is 10.1. The summed E-state index contributed by atoms with van der Waals surface area (Å²) in [5, 5.41) is 6.42. The zero-order chi connectivity index (χ0) is 13.8. The summed E-state index contributed by atoms with van der Waals surface area (Å²) in [4.78, 5) is 9.01. The second-order valence-electron chi connectivity index (χ2n) is 4.84. The zero-order valence-electron chi connectivity index (χ0n) is 11.9. The highest BCUT2D eigenvalue weighted by Gasteiger charge is 2.08. The van der Waals surface area contributed by atoms with Gasteiger partial charge in [0.2, 0.25) is 0 Å². The lowest BCUT2D eigenvalue weighted by Crippen LogP contribution is -2.05. The Balaban J connectivity index is 2.34. The molecule has 0 saturated heterocycles. The van der Waals surface area contributed by atoms with Gasteiger partial charge in [-0.3, -0.25) is 0 Å². The number of aryl methyl sites for hydroxylation is 1. The average Bonchev–Trinajstić information content (AvgIpc) is 2.41. The van der Waals surface area contributed by atoms with Crippen molar-refractivity contribution in [2.75, 3.05) is 17.7 Å². The molecule has 1 aromatic carbocycles. The van der Waals surface area contributed by atoms with Crippen LogP contribution in [-0.4, -0.2) is 17.0 Å². The van der Waals surface area contributed by atoms with Gasteiger partial charge in [-0.25, -0.2) is 9.97 Å². The fourth-order valence-corrected chi connectivity index (χ4v) is 1.77. The molecule has 2 rings (SSSR count). The van der Waals surface area contributed by atoms with Gasteiger partial charge in [0, 0.05) is 24.7 Å². The van der Waals surface area contributed by atoms with Gasteiger partial charge >= 0.3 is 0 Å². The standard InChI is InChI=1S/C15H20N4/c1-10(2)15-18-13(16-4)9-14(19-15)17-12-8-6-5-7-11(12)3/h5-10H,1-4H3,(H2,16,17,18,19). The Bertz CT molecular complexity index is 564. The van der Waals surface area contributed by atoms with Crippen LogP contribution in [0.3, 0.4) is 0 Å². The molecule has 1 heterocycles. The van der Waals surface area contributed by atoms with E-state index in [-0.39, 0.29) is 0 Å². The van der Waals surface area contributed by atoms with E-state index in [2.05, 4.69) is 47.4 Å². The van der Waals surface area contributed by atoms with Crippen LogP contribution in [0, 0.1) is 6.92 Å². The van der Waals surface area contributed by atoms with E-state index in [0.29, 0.717) is 5.92 Å². The molecule has 0 bridgehead atoms. The van der Waals surface area contributed by atoms with Crippen LogP contribution >= 0.6 is 0 Å². The monoisotopic (exact) mass is 256 g/mol. The largest absolute Gasteiger partial charge is 0.373 e. The van der Waals surface area contributed by atoms with Crippen molar-refractivity contribution in [1.29, 1.82) is 0 Å². The lowest BCUT2D eigenvalue weighted by Gasteiger charge is -2.12. The Morgan fingerprint density at radius 2 is 1.74 bits per heavy atom. The number of anilines is 3. The van der Waals surface area contributed by atoms with E-state index >= 15 is 0 Å². The van der Waals surface area contributed by atoms with Crippen molar-refractivity contribution in [2.24, 2.45) is 0 Å². The fourth-order valence-electron chi connectivity index (χ4n) is 1.77. The van der Waals surface area contributed by atoms with Gasteiger partial charge in [0.05, 0.1) is 0 Å². The fraction of sp³-hybridized carbons (Fsp3) is 0.333. The molecule has 100 valence electrons. The van der Waals surface area contributed by atoms with Gasteiger partial charge in [0.1, 0.15) is 17.5 Å². The Morgan fingerprint density at radius 1 is 1.05 bits per heavy atom. The number of hydrogen-bond acceptors (Lipinski definition) is 4. The van der Waals surface area contributed by atoms with Gasteiger partial charge in [0.15, 0.2) is 0 Å². The van der Waals surface area contributed by atoms with Crippen molar-refractivity contribution in [2.45, 2.75) is 26.7 Å². The normalized spacial score (nSPS) is 10.6. The Hall–Kier alpha value is -2.10. The lowest BCUT2D eigenvalue weighted by molar-refractivity contribution is 0.778. The molecule has 0 spiro atoms. The predicted molar refractivity (Wildman–Crippen MR) is 80.1 cm³/mol. The number of benzene rings is 1. The minimum absolute atomic E-state index is 0.297. The third kappa shape index (κ3) is 3.22. The highest BCUT2D eigenvalue weighted by atomic mass is 15.1. The van der Waals surface area contributed by atoms with Crippen molar-refractivity contribution in [3.8, 4) is 0 Å². The molecule has 0 amide bonds. The van der Waals surface area contributed by atoms with Gasteiger partial charge in [-0.2, -0.15) is 0 Å². The predicted octanol–water partition coefficient (Wildman–Crippen LogP) is 3.69. The first kappa shape index (κ1) is 13.3. The number of para-hydroxylation sites is 1. The Morgan fingerprint density at radius 3 is 2.37 bits per heavy atom. The maximum atomic E-state index is 4.56. The highest BCUT2D eigenvalue weighted by Crippen LogP contribution is 2.22. The van der Waals surface area contributed by atoms with Gasteiger partial charge in [-0.15, -0.1) is 0 Å². The van der Waals surface area contributed by atoms with E-state index in [1.54, 1.807) is 0 Å². The molecule has 0 radical (unpaired) electrons. The number of nitrogens with one attached hydrogen (secondary N) is 2. The molecule has 2 aromatic rings. The van der Waals surface area contributed by atoms with E-state index in [9.17, 15) is 0 Å². The van der Waals surface area contributed by atoms with Crippen LogP contribution in [0.5, 0.6) is 0 Å². The van der Waals surface area contributed by atoms with Crippen LogP contribution in [0.15, 0.2) is 30.3 Å². The molecule has 0 saturated carbocycles. The molecule has 0 atom stereocenters. The summed E-state index contributed by atoms with van der Waals surface area (Å²) < 4.78 is 0. The molecule has 0 aliphatic carbocycles. The Kier molecular flexibility index (Phi) is 4.00. The van der Waals surface area contributed by atoms with Crippen LogP contribution in [0.2, 0.25) is 0 Å². The number of nitrogens with zero attached hydrogens (tertiary/aromatic N) is 2. The van der Waals surface area contributed by atoms with Gasteiger partial charge in [-0.1, -0.05) is 32.0 Å². The maximum Gasteiger partial charge on any atom is 0.136 e. The smallest absolute Gasteiger partial charge is 0.136 e. The molecular formula is C15H20N4. The van der Waals surface area contributed by atoms with Crippen molar-refractivity contribution >= 4 is 17.3 Å². The van der Waals surface area contributed by atoms with Gasteiger partial charge < -0.3 is 10.6 Å². The second kappa shape index (κ2) is 5.69. The van der Waals surface area contributed by atoms with Gasteiger partial charge in [-0.05, 0) is 18.6 Å². The van der Waals surface area contributed by atoms with E-state index in [4.69, 9.17) is 0 Å². The lowest BCUT2D eigenvalue weighted by atomic mass is 10.2. The molecule has 1 aromatic heterocycles. The highest BCUT2D eigenvalue weighted by molar-refractivity contribution is 5.62. The third-order valence-corrected chi connectivity index (χ3v) is 2.92. The third-order valence-electron chi connectivity index (χ3n) is 2.92. The van der Waals surface area contributed by atoms with Crippen molar-refractivity contribution in [1.82, 2.24) is 9.97 Å². The van der Waals surface area contributed by atoms with E-state index in [0.717, 1.165) is 23.1 Å². The SMILES string of the molecule is CNc1cc(Nc2ccccc2C)nc(C(C)C)n1. The molecule has 0 fully saturated rings. The van der Waals surface area contributed by atoms with Crippen LogP contribution in [-0.2, 0) is 0 Å². The van der Waals surface area contributed by atoms with E-state index in [1.165, 1.54) is 5.56 Å². The van der Waals surface area contributed by atoms with Gasteiger partial charge in [0.25, 0.3) is 0 Å². The van der Waals surface area contributed by atoms with Crippen molar-refractivity contribution in [3.63, 3.8) is 0 Å². The van der Waals surface area contributed by atoms with Crippen LogP contribution in [0.25, 0.3) is 0 Å².